The molecule has 1 unspecified atom stereocenters. The summed E-state index contributed by atoms with van der Waals surface area (Å²) < 4.78 is 0. The molecule has 0 saturated carbocycles. The summed E-state index contributed by atoms with van der Waals surface area (Å²) in [4.78, 5) is 29.4. The first-order valence-corrected chi connectivity index (χ1v) is 7.27. The highest BCUT2D eigenvalue weighted by Gasteiger charge is 2.37. The Labute approximate surface area is 117 Å². The largest absolute Gasteiger partial charge is 0.349 e. The van der Waals surface area contributed by atoms with Crippen LogP contribution < -0.4 is 5.32 Å². The van der Waals surface area contributed by atoms with Crippen LogP contribution in [0.2, 0.25) is 0 Å². The molecule has 2 rings (SSSR count). The van der Waals surface area contributed by atoms with Crippen LogP contribution >= 0.6 is 11.3 Å². The van der Waals surface area contributed by atoms with Gasteiger partial charge in [0.15, 0.2) is 5.13 Å². The summed E-state index contributed by atoms with van der Waals surface area (Å²) in [6, 6.07) is -0.466. The highest BCUT2D eigenvalue weighted by atomic mass is 32.1. The van der Waals surface area contributed by atoms with Gasteiger partial charge in [-0.3, -0.25) is 14.5 Å². The molecule has 0 radical (unpaired) electrons. The quantitative estimate of drug-likeness (QED) is 0.861. The summed E-state index contributed by atoms with van der Waals surface area (Å²) in [6.45, 7) is 8.51. The third-order valence-corrected chi connectivity index (χ3v) is 3.90. The van der Waals surface area contributed by atoms with E-state index in [4.69, 9.17) is 0 Å². The van der Waals surface area contributed by atoms with E-state index in [1.165, 1.54) is 16.2 Å². The van der Waals surface area contributed by atoms with Gasteiger partial charge in [-0.2, -0.15) is 0 Å². The van der Waals surface area contributed by atoms with E-state index in [0.29, 0.717) is 11.7 Å². The first-order valence-electron chi connectivity index (χ1n) is 6.39. The smallest absolute Gasteiger partial charge is 0.252 e. The number of rotatable bonds is 3. The topological polar surface area (TPSA) is 62.3 Å². The zero-order valence-corrected chi connectivity index (χ0v) is 12.5. The van der Waals surface area contributed by atoms with Crippen molar-refractivity contribution in [3.8, 4) is 0 Å². The minimum absolute atomic E-state index is 0.0125. The van der Waals surface area contributed by atoms with Crippen LogP contribution in [0.5, 0.6) is 0 Å². The van der Waals surface area contributed by atoms with Gasteiger partial charge >= 0.3 is 0 Å². The molecule has 6 heteroatoms. The van der Waals surface area contributed by atoms with Crippen LogP contribution in [0.1, 0.15) is 39.8 Å². The Hall–Kier alpha value is -1.43. The monoisotopic (exact) mass is 281 g/mol. The Balaban J connectivity index is 2.09. The summed E-state index contributed by atoms with van der Waals surface area (Å²) in [5.41, 5.74) is 0.977. The van der Waals surface area contributed by atoms with Crippen molar-refractivity contribution < 1.29 is 9.59 Å². The van der Waals surface area contributed by atoms with Crippen molar-refractivity contribution in [2.24, 2.45) is 0 Å². The maximum absolute atomic E-state index is 12.0. The van der Waals surface area contributed by atoms with E-state index in [1.54, 1.807) is 6.92 Å². The molecular weight excluding hydrogens is 262 g/mol. The van der Waals surface area contributed by atoms with E-state index in [2.05, 4.69) is 31.1 Å². The van der Waals surface area contributed by atoms with E-state index in [9.17, 15) is 9.59 Å². The molecule has 0 aliphatic carbocycles. The molecular formula is C13H19N3O2S. The average Bonchev–Trinajstić information content (AvgIpc) is 2.85. The second kappa shape index (κ2) is 4.92. The van der Waals surface area contributed by atoms with E-state index in [-0.39, 0.29) is 23.7 Å². The molecule has 1 aromatic heterocycles. The molecule has 1 aliphatic rings. The first-order chi connectivity index (χ1) is 8.82. The third kappa shape index (κ3) is 2.78. The van der Waals surface area contributed by atoms with Crippen LogP contribution in [0.25, 0.3) is 0 Å². The van der Waals surface area contributed by atoms with Gasteiger partial charge in [0.05, 0.1) is 12.1 Å². The number of hydrogen-bond donors (Lipinski definition) is 1. The Kier molecular flexibility index (Phi) is 3.62. The van der Waals surface area contributed by atoms with Crippen molar-refractivity contribution in [2.75, 3.05) is 11.9 Å². The molecule has 0 aromatic carbocycles. The van der Waals surface area contributed by atoms with Gasteiger partial charge in [-0.05, 0) is 6.92 Å². The fraction of sp³-hybridized carbons (Fsp3) is 0.615. The summed E-state index contributed by atoms with van der Waals surface area (Å²) in [7, 11) is 0. The number of hydrogen-bond acceptors (Lipinski definition) is 5. The lowest BCUT2D eigenvalue weighted by Crippen LogP contribution is -2.34. The zero-order valence-electron chi connectivity index (χ0n) is 11.7. The first kappa shape index (κ1) is 14.0. The maximum atomic E-state index is 12.0. The normalized spacial score (nSPS) is 20.2. The molecule has 5 nitrogen and oxygen atoms in total. The number of anilines is 1. The van der Waals surface area contributed by atoms with Crippen LogP contribution in [-0.4, -0.2) is 34.3 Å². The Morgan fingerprint density at radius 3 is 2.63 bits per heavy atom. The van der Waals surface area contributed by atoms with Crippen LogP contribution in [0, 0.1) is 0 Å². The summed E-state index contributed by atoms with van der Waals surface area (Å²) in [5.74, 6) is -0.266. The van der Waals surface area contributed by atoms with Gasteiger partial charge in [-0.25, -0.2) is 4.98 Å². The molecule has 1 N–H and O–H groups in total. The van der Waals surface area contributed by atoms with Crippen LogP contribution in [0.4, 0.5) is 5.13 Å². The minimum atomic E-state index is -0.466. The number of imide groups is 1. The van der Waals surface area contributed by atoms with Crippen molar-refractivity contribution in [1.82, 2.24) is 9.88 Å². The van der Waals surface area contributed by atoms with Crippen LogP contribution in [0.15, 0.2) is 5.38 Å². The molecule has 0 bridgehead atoms. The molecule has 1 atom stereocenters. The molecule has 0 spiro atoms. The number of carbonyl (C=O) groups excluding carboxylic acids is 2. The molecule has 1 fully saturated rings. The van der Waals surface area contributed by atoms with E-state index in [1.807, 2.05) is 5.38 Å². The zero-order chi connectivity index (χ0) is 14.2. The molecule has 1 aliphatic heterocycles. The lowest BCUT2D eigenvalue weighted by Gasteiger charge is -2.15. The van der Waals surface area contributed by atoms with Crippen molar-refractivity contribution in [2.45, 2.75) is 45.6 Å². The second-order valence-electron chi connectivity index (χ2n) is 5.67. The SMILES string of the molecule is CCN1C(=O)CC(Nc2nc(C(C)(C)C)cs2)C1=O. The maximum Gasteiger partial charge on any atom is 0.252 e. The number of amides is 2. The van der Waals surface area contributed by atoms with Gasteiger partial charge in [0, 0.05) is 17.3 Å². The fourth-order valence-corrected chi connectivity index (χ4v) is 2.95. The number of thiazole rings is 1. The number of nitrogens with one attached hydrogen (secondary N) is 1. The molecule has 2 amide bonds. The molecule has 1 aromatic rings. The van der Waals surface area contributed by atoms with Crippen molar-refractivity contribution in [1.29, 1.82) is 0 Å². The molecule has 104 valence electrons. The number of nitrogens with zero attached hydrogens (tertiary/aromatic N) is 2. The van der Waals surface area contributed by atoms with Gasteiger partial charge in [0.2, 0.25) is 5.91 Å². The van der Waals surface area contributed by atoms with Gasteiger partial charge in [0.1, 0.15) is 6.04 Å². The van der Waals surface area contributed by atoms with Crippen LogP contribution in [0.3, 0.4) is 0 Å². The van der Waals surface area contributed by atoms with Crippen LogP contribution in [-0.2, 0) is 15.0 Å². The summed E-state index contributed by atoms with van der Waals surface area (Å²) in [6.07, 6.45) is 0.219. The summed E-state index contributed by atoms with van der Waals surface area (Å²) >= 11 is 1.47. The van der Waals surface area contributed by atoms with Gasteiger partial charge in [0.25, 0.3) is 5.91 Å². The number of aromatic nitrogens is 1. The van der Waals surface area contributed by atoms with Crippen molar-refractivity contribution in [3.05, 3.63) is 11.1 Å². The van der Waals surface area contributed by atoms with Gasteiger partial charge < -0.3 is 5.32 Å². The average molecular weight is 281 g/mol. The van der Waals surface area contributed by atoms with Crippen molar-refractivity contribution in [3.63, 3.8) is 0 Å². The van der Waals surface area contributed by atoms with Gasteiger partial charge in [-0.15, -0.1) is 11.3 Å². The third-order valence-electron chi connectivity index (χ3n) is 3.13. The minimum Gasteiger partial charge on any atom is -0.349 e. The number of likely N-dealkylation sites (tertiary alicyclic amines) is 1. The molecule has 1 saturated heterocycles. The Bertz CT molecular complexity index is 504. The van der Waals surface area contributed by atoms with E-state index in [0.717, 1.165) is 5.69 Å². The predicted octanol–water partition coefficient (Wildman–Crippen LogP) is 2.00. The Morgan fingerprint density at radius 1 is 1.47 bits per heavy atom. The standard InChI is InChI=1S/C13H19N3O2S/c1-5-16-10(17)6-8(11(16)18)14-12-15-9(7-19-12)13(2,3)4/h7-8H,5-6H2,1-4H3,(H,14,15). The lowest BCUT2D eigenvalue weighted by molar-refractivity contribution is -0.138. The number of likely N-dealkylation sites (N-methyl/N-ethyl adjacent to an activating group) is 1. The highest BCUT2D eigenvalue weighted by Crippen LogP contribution is 2.27. The van der Waals surface area contributed by atoms with Crippen molar-refractivity contribution >= 4 is 28.3 Å². The fourth-order valence-electron chi connectivity index (χ4n) is 1.96. The molecule has 2 heterocycles. The lowest BCUT2D eigenvalue weighted by atomic mass is 9.93. The van der Waals surface area contributed by atoms with E-state index >= 15 is 0 Å². The highest BCUT2D eigenvalue weighted by molar-refractivity contribution is 7.13. The summed E-state index contributed by atoms with van der Waals surface area (Å²) in [5, 5.41) is 5.76. The van der Waals surface area contributed by atoms with Gasteiger partial charge in [-0.1, -0.05) is 20.8 Å². The second-order valence-corrected chi connectivity index (χ2v) is 6.52. The molecule has 19 heavy (non-hydrogen) atoms. The Morgan fingerprint density at radius 2 is 2.16 bits per heavy atom. The predicted molar refractivity (Wildman–Crippen MR) is 75.2 cm³/mol. The number of carbonyl (C=O) groups is 2. The van der Waals surface area contributed by atoms with E-state index < -0.39 is 6.04 Å².